The number of hydrogen-bond donors (Lipinski definition) is 0. The Morgan fingerprint density at radius 2 is 1.88 bits per heavy atom. The summed E-state index contributed by atoms with van der Waals surface area (Å²) in [6, 6.07) is 8.18. The molecule has 0 saturated heterocycles. The minimum Gasteiger partial charge on any atom is -0.195 e. The van der Waals surface area contributed by atoms with Crippen molar-refractivity contribution in [1.29, 1.82) is 0 Å². The second-order valence-electron chi connectivity index (χ2n) is 4.75. The molecule has 3 nitrogen and oxygen atoms in total. The van der Waals surface area contributed by atoms with E-state index in [-0.39, 0.29) is 5.41 Å². The fraction of sp³-hybridized carbons (Fsp3) is 0.333. The summed E-state index contributed by atoms with van der Waals surface area (Å²) in [5.74, 6) is 0.608. The highest BCUT2D eigenvalue weighted by Crippen LogP contribution is 2.23. The molecule has 0 amide bonds. The molecule has 0 N–H and O–H groups in total. The van der Waals surface area contributed by atoms with E-state index < -0.39 is 0 Å². The van der Waals surface area contributed by atoms with Crippen molar-refractivity contribution in [3.05, 3.63) is 35.4 Å². The van der Waals surface area contributed by atoms with E-state index in [9.17, 15) is 0 Å². The van der Waals surface area contributed by atoms with Crippen LogP contribution in [0.3, 0.4) is 0 Å². The summed E-state index contributed by atoms with van der Waals surface area (Å²) in [6.45, 7) is 6.53. The van der Waals surface area contributed by atoms with Crippen molar-refractivity contribution < 1.29 is 0 Å². The Morgan fingerprint density at radius 3 is 2.44 bits per heavy atom. The Balaban J connectivity index is 2.41. The average molecular weight is 231 g/mol. The molecule has 0 aliphatic carbocycles. The van der Waals surface area contributed by atoms with Crippen molar-refractivity contribution in [3.63, 3.8) is 0 Å². The highest BCUT2D eigenvalue weighted by molar-refractivity contribution is 7.80. The summed E-state index contributed by atoms with van der Waals surface area (Å²) < 4.78 is 0. The lowest BCUT2D eigenvalue weighted by Gasteiger charge is -2.19. The summed E-state index contributed by atoms with van der Waals surface area (Å²) in [4.78, 5) is 4.10. The van der Waals surface area contributed by atoms with Crippen LogP contribution in [0.4, 0.5) is 0 Å². The molecule has 1 aliphatic heterocycles. The zero-order valence-corrected chi connectivity index (χ0v) is 10.4. The molecule has 0 spiro atoms. The standard InChI is InChI=1S/C12H13N3S/c1-12(2,3)9-6-4-5-8(7-9)10-13-11(16)15-14-10/h4-7H,1-3H3. The molecule has 16 heavy (non-hydrogen) atoms. The van der Waals surface area contributed by atoms with Gasteiger partial charge >= 0.3 is 0 Å². The van der Waals surface area contributed by atoms with Gasteiger partial charge in [-0.25, -0.2) is 0 Å². The summed E-state index contributed by atoms with van der Waals surface area (Å²) in [6.07, 6.45) is 0. The molecule has 0 bridgehead atoms. The molecule has 0 radical (unpaired) electrons. The number of nitrogens with zero attached hydrogens (tertiary/aromatic N) is 3. The Labute approximate surface area is 100 Å². The summed E-state index contributed by atoms with van der Waals surface area (Å²) in [7, 11) is 0. The summed E-state index contributed by atoms with van der Waals surface area (Å²) in [5, 5.41) is 7.98. The van der Waals surface area contributed by atoms with Gasteiger partial charge in [0.1, 0.15) is 0 Å². The number of hydrogen-bond acceptors (Lipinski definition) is 2. The Bertz CT molecular complexity index is 495. The molecule has 2 rings (SSSR count). The molecule has 82 valence electrons. The van der Waals surface area contributed by atoms with Gasteiger partial charge in [-0.05, 0) is 29.3 Å². The molecule has 0 aromatic heterocycles. The SMILES string of the molecule is CC(C)(C)c1cccc(C2=NC(=S)N=N2)c1. The molecule has 1 heterocycles. The van der Waals surface area contributed by atoms with Crippen LogP contribution in [0.15, 0.2) is 39.5 Å². The van der Waals surface area contributed by atoms with Crippen LogP contribution in [0.25, 0.3) is 0 Å². The van der Waals surface area contributed by atoms with Crippen LogP contribution in [-0.4, -0.2) is 10.9 Å². The van der Waals surface area contributed by atoms with Crippen LogP contribution in [0.1, 0.15) is 31.9 Å². The van der Waals surface area contributed by atoms with Crippen LogP contribution in [-0.2, 0) is 5.41 Å². The molecule has 0 atom stereocenters. The maximum Gasteiger partial charge on any atom is 0.242 e. The van der Waals surface area contributed by atoms with Crippen molar-refractivity contribution in [2.24, 2.45) is 15.2 Å². The average Bonchev–Trinajstić information content (AvgIpc) is 2.64. The summed E-state index contributed by atoms with van der Waals surface area (Å²) >= 11 is 4.85. The van der Waals surface area contributed by atoms with Gasteiger partial charge < -0.3 is 0 Å². The van der Waals surface area contributed by atoms with Gasteiger partial charge in [-0.1, -0.05) is 39.0 Å². The lowest BCUT2D eigenvalue weighted by molar-refractivity contribution is 0.590. The third-order valence-electron chi connectivity index (χ3n) is 2.42. The number of thiocarbonyl (C=S) groups is 1. The number of amidine groups is 1. The van der Waals surface area contributed by atoms with Gasteiger partial charge in [-0.2, -0.15) is 4.99 Å². The second-order valence-corrected chi connectivity index (χ2v) is 5.11. The fourth-order valence-electron chi connectivity index (χ4n) is 1.47. The first kappa shape index (κ1) is 11.1. The smallest absolute Gasteiger partial charge is 0.195 e. The normalized spacial score (nSPS) is 15.4. The van der Waals surface area contributed by atoms with Crippen molar-refractivity contribution in [2.45, 2.75) is 26.2 Å². The van der Waals surface area contributed by atoms with E-state index in [1.807, 2.05) is 12.1 Å². The minimum absolute atomic E-state index is 0.118. The van der Waals surface area contributed by atoms with Crippen molar-refractivity contribution in [1.82, 2.24) is 0 Å². The van der Waals surface area contributed by atoms with Gasteiger partial charge in [0.05, 0.1) is 0 Å². The second kappa shape index (κ2) is 3.87. The van der Waals surface area contributed by atoms with Gasteiger partial charge in [-0.15, -0.1) is 10.2 Å². The van der Waals surface area contributed by atoms with Gasteiger partial charge in [0.2, 0.25) is 5.11 Å². The van der Waals surface area contributed by atoms with E-state index in [2.05, 4.69) is 48.1 Å². The quantitative estimate of drug-likeness (QED) is 0.682. The van der Waals surface area contributed by atoms with Crippen molar-refractivity contribution >= 4 is 23.2 Å². The van der Waals surface area contributed by atoms with Crippen LogP contribution in [0, 0.1) is 0 Å². The number of aliphatic imine (C=N–C) groups is 1. The zero-order valence-electron chi connectivity index (χ0n) is 9.56. The van der Waals surface area contributed by atoms with Crippen LogP contribution in [0.5, 0.6) is 0 Å². The summed E-state index contributed by atoms with van der Waals surface area (Å²) in [5.41, 5.74) is 2.34. The monoisotopic (exact) mass is 231 g/mol. The minimum atomic E-state index is 0.118. The van der Waals surface area contributed by atoms with E-state index in [0.717, 1.165) is 5.56 Å². The molecular formula is C12H13N3S. The van der Waals surface area contributed by atoms with Crippen LogP contribution < -0.4 is 0 Å². The first-order chi connectivity index (χ1) is 7.47. The van der Waals surface area contributed by atoms with Crippen molar-refractivity contribution in [2.75, 3.05) is 0 Å². The first-order valence-electron chi connectivity index (χ1n) is 5.12. The maximum absolute atomic E-state index is 4.85. The number of benzene rings is 1. The molecule has 1 aromatic carbocycles. The molecule has 4 heteroatoms. The Kier molecular flexibility index (Phi) is 2.68. The Hall–Kier alpha value is -1.42. The topological polar surface area (TPSA) is 37.1 Å². The largest absolute Gasteiger partial charge is 0.242 e. The van der Waals surface area contributed by atoms with Crippen LogP contribution in [0.2, 0.25) is 0 Å². The lowest BCUT2D eigenvalue weighted by Crippen LogP contribution is -2.11. The lowest BCUT2D eigenvalue weighted by atomic mass is 9.86. The predicted molar refractivity (Wildman–Crippen MR) is 69.1 cm³/mol. The highest BCUT2D eigenvalue weighted by atomic mass is 32.1. The fourth-order valence-corrected chi connectivity index (χ4v) is 1.60. The molecule has 1 aromatic rings. The van der Waals surface area contributed by atoms with Gasteiger partial charge in [-0.3, -0.25) is 0 Å². The molecule has 0 saturated carbocycles. The Morgan fingerprint density at radius 1 is 1.12 bits per heavy atom. The maximum atomic E-state index is 4.85. The van der Waals surface area contributed by atoms with E-state index in [4.69, 9.17) is 12.2 Å². The van der Waals surface area contributed by atoms with Gasteiger partial charge in [0.25, 0.3) is 0 Å². The molecular weight excluding hydrogens is 218 g/mol. The van der Waals surface area contributed by atoms with E-state index in [0.29, 0.717) is 10.9 Å². The number of rotatable bonds is 1. The van der Waals surface area contributed by atoms with E-state index in [1.165, 1.54) is 5.56 Å². The third kappa shape index (κ3) is 2.22. The predicted octanol–water partition coefficient (Wildman–Crippen LogP) is 3.48. The number of azo groups is 1. The van der Waals surface area contributed by atoms with E-state index in [1.54, 1.807) is 0 Å². The first-order valence-corrected chi connectivity index (χ1v) is 5.53. The molecule has 0 fully saturated rings. The van der Waals surface area contributed by atoms with Crippen LogP contribution >= 0.6 is 12.2 Å². The van der Waals surface area contributed by atoms with Gasteiger partial charge in [0.15, 0.2) is 5.84 Å². The highest BCUT2D eigenvalue weighted by Gasteiger charge is 2.16. The van der Waals surface area contributed by atoms with Gasteiger partial charge in [0, 0.05) is 5.56 Å². The molecule has 1 aliphatic rings. The molecule has 0 unspecified atom stereocenters. The van der Waals surface area contributed by atoms with E-state index >= 15 is 0 Å². The zero-order chi connectivity index (χ0) is 11.8. The third-order valence-corrected chi connectivity index (χ3v) is 2.59. The van der Waals surface area contributed by atoms with Crippen molar-refractivity contribution in [3.8, 4) is 0 Å².